The average molecular weight is 401 g/mol. The Morgan fingerprint density at radius 3 is 2.72 bits per heavy atom. The van der Waals surface area contributed by atoms with Crippen molar-refractivity contribution in [3.8, 4) is 5.75 Å². The van der Waals surface area contributed by atoms with Crippen LogP contribution in [-0.2, 0) is 4.79 Å². The zero-order valence-electron chi connectivity index (χ0n) is 15.8. The van der Waals surface area contributed by atoms with Crippen molar-refractivity contribution in [2.75, 3.05) is 5.75 Å². The maximum absolute atomic E-state index is 12.2. The second kappa shape index (κ2) is 8.32. The van der Waals surface area contributed by atoms with Crippen molar-refractivity contribution in [2.45, 2.75) is 11.9 Å². The number of hydrogen-bond acceptors (Lipinski definition) is 5. The number of hydrazone groups is 1. The van der Waals surface area contributed by atoms with Gasteiger partial charge >= 0.3 is 0 Å². The van der Waals surface area contributed by atoms with Crippen molar-refractivity contribution < 1.29 is 9.90 Å². The first-order valence-corrected chi connectivity index (χ1v) is 10.1. The van der Waals surface area contributed by atoms with E-state index in [9.17, 15) is 9.90 Å². The predicted octanol–water partition coefficient (Wildman–Crippen LogP) is 4.64. The summed E-state index contributed by atoms with van der Waals surface area (Å²) in [5.41, 5.74) is 5.13. The van der Waals surface area contributed by atoms with Crippen molar-refractivity contribution >= 4 is 45.6 Å². The molecule has 0 fully saturated rings. The number of phenolic OH excluding ortho intramolecular Hbond substituents is 1. The van der Waals surface area contributed by atoms with Gasteiger partial charge in [0.15, 0.2) is 0 Å². The van der Waals surface area contributed by atoms with Crippen LogP contribution in [0.5, 0.6) is 5.75 Å². The fourth-order valence-corrected chi connectivity index (χ4v) is 3.92. The lowest BCUT2D eigenvalue weighted by Gasteiger charge is -2.06. The fraction of sp³-hybridized carbons (Fsp3) is 0.0870. The summed E-state index contributed by atoms with van der Waals surface area (Å²) in [5, 5.41) is 17.9. The molecule has 0 spiro atoms. The molecule has 1 aromatic heterocycles. The van der Waals surface area contributed by atoms with Crippen LogP contribution in [0.3, 0.4) is 0 Å². The van der Waals surface area contributed by atoms with E-state index < -0.39 is 0 Å². The number of rotatable bonds is 5. The first-order valence-electron chi connectivity index (χ1n) is 9.13. The van der Waals surface area contributed by atoms with Gasteiger partial charge in [-0.25, -0.2) is 10.4 Å². The summed E-state index contributed by atoms with van der Waals surface area (Å²) in [6, 6.07) is 21.1. The summed E-state index contributed by atoms with van der Waals surface area (Å²) in [5.74, 6) is 0.0781. The molecular formula is C23H19N3O2S. The highest BCUT2D eigenvalue weighted by atomic mass is 32.2. The minimum absolute atomic E-state index is 0.118. The third kappa shape index (κ3) is 4.22. The van der Waals surface area contributed by atoms with Gasteiger partial charge in [0.1, 0.15) is 5.75 Å². The molecule has 2 N–H and O–H groups in total. The van der Waals surface area contributed by atoms with E-state index in [-0.39, 0.29) is 17.4 Å². The number of fused-ring (bicyclic) bond motifs is 2. The number of aromatic nitrogens is 1. The molecule has 3 aromatic carbocycles. The summed E-state index contributed by atoms with van der Waals surface area (Å²) in [6.07, 6.45) is 1.47. The molecule has 0 aliphatic rings. The first-order chi connectivity index (χ1) is 14.1. The van der Waals surface area contributed by atoms with E-state index in [0.717, 1.165) is 32.3 Å². The Kier molecular flexibility index (Phi) is 5.44. The maximum Gasteiger partial charge on any atom is 0.250 e. The van der Waals surface area contributed by atoms with Crippen molar-refractivity contribution in [1.82, 2.24) is 10.4 Å². The standard InChI is InChI=1S/C23H19N3O2S/c1-15-12-23(25-20-9-5-4-7-17(15)20)29-14-22(28)26-24-13-19-18-8-3-2-6-16(18)10-11-21(19)27/h2-13,27H,14H2,1H3,(H,26,28). The summed E-state index contributed by atoms with van der Waals surface area (Å²) >= 11 is 1.36. The third-order valence-electron chi connectivity index (χ3n) is 4.58. The van der Waals surface area contributed by atoms with Gasteiger partial charge in [-0.1, -0.05) is 60.3 Å². The van der Waals surface area contributed by atoms with E-state index >= 15 is 0 Å². The Morgan fingerprint density at radius 1 is 1.10 bits per heavy atom. The molecule has 0 aliphatic carbocycles. The smallest absolute Gasteiger partial charge is 0.250 e. The third-order valence-corrected chi connectivity index (χ3v) is 5.49. The largest absolute Gasteiger partial charge is 0.507 e. The molecule has 4 aromatic rings. The van der Waals surface area contributed by atoms with Crippen LogP contribution in [0.2, 0.25) is 0 Å². The minimum Gasteiger partial charge on any atom is -0.507 e. The highest BCUT2D eigenvalue weighted by Crippen LogP contribution is 2.25. The topological polar surface area (TPSA) is 74.6 Å². The van der Waals surface area contributed by atoms with Gasteiger partial charge in [0.25, 0.3) is 0 Å². The van der Waals surface area contributed by atoms with Crippen LogP contribution in [0, 0.1) is 6.92 Å². The van der Waals surface area contributed by atoms with Crippen molar-refractivity contribution in [2.24, 2.45) is 5.10 Å². The number of aryl methyl sites for hydroxylation is 1. The maximum atomic E-state index is 12.2. The van der Waals surface area contributed by atoms with E-state index in [0.29, 0.717) is 5.56 Å². The molecule has 0 unspecified atom stereocenters. The number of carbonyl (C=O) groups excluding carboxylic acids is 1. The number of hydrogen-bond donors (Lipinski definition) is 2. The lowest BCUT2D eigenvalue weighted by molar-refractivity contribution is -0.118. The first kappa shape index (κ1) is 19.0. The van der Waals surface area contributed by atoms with E-state index in [4.69, 9.17) is 0 Å². The number of para-hydroxylation sites is 1. The summed E-state index contributed by atoms with van der Waals surface area (Å²) in [6.45, 7) is 2.04. The summed E-state index contributed by atoms with van der Waals surface area (Å²) < 4.78 is 0. The van der Waals surface area contributed by atoms with Gasteiger partial charge < -0.3 is 5.11 Å². The molecule has 0 radical (unpaired) electrons. The molecular weight excluding hydrogens is 382 g/mol. The van der Waals surface area contributed by atoms with Gasteiger partial charge in [0.2, 0.25) is 5.91 Å². The second-order valence-electron chi connectivity index (χ2n) is 6.60. The molecule has 144 valence electrons. The van der Waals surface area contributed by atoms with Crippen LogP contribution in [0.25, 0.3) is 21.7 Å². The van der Waals surface area contributed by atoms with Crippen molar-refractivity contribution in [1.29, 1.82) is 0 Å². The molecule has 5 nitrogen and oxygen atoms in total. The minimum atomic E-state index is -0.237. The van der Waals surface area contributed by atoms with Gasteiger partial charge in [-0.3, -0.25) is 4.79 Å². The number of aromatic hydroxyl groups is 1. The Balaban J connectivity index is 1.42. The van der Waals surface area contributed by atoms with Gasteiger partial charge in [0.05, 0.1) is 22.5 Å². The number of thioether (sulfide) groups is 1. The number of nitrogens with zero attached hydrogens (tertiary/aromatic N) is 2. The van der Waals surface area contributed by atoms with Crippen LogP contribution < -0.4 is 5.43 Å². The molecule has 0 bridgehead atoms. The van der Waals surface area contributed by atoms with Crippen LogP contribution in [0.15, 0.2) is 76.9 Å². The number of nitrogens with one attached hydrogen (secondary N) is 1. The number of pyridine rings is 1. The van der Waals surface area contributed by atoms with Gasteiger partial charge in [0, 0.05) is 10.9 Å². The summed E-state index contributed by atoms with van der Waals surface area (Å²) in [4.78, 5) is 16.8. The number of carbonyl (C=O) groups is 1. The monoisotopic (exact) mass is 401 g/mol. The Bertz CT molecular complexity index is 1240. The average Bonchev–Trinajstić information content (AvgIpc) is 2.74. The lowest BCUT2D eigenvalue weighted by atomic mass is 10.0. The van der Waals surface area contributed by atoms with Crippen molar-refractivity contribution in [3.63, 3.8) is 0 Å². The van der Waals surface area contributed by atoms with E-state index in [2.05, 4.69) is 15.5 Å². The predicted molar refractivity (Wildman–Crippen MR) is 119 cm³/mol. The molecule has 1 amide bonds. The number of phenols is 1. The van der Waals surface area contributed by atoms with E-state index in [1.54, 1.807) is 6.07 Å². The molecule has 0 aliphatic heterocycles. The van der Waals surface area contributed by atoms with Crippen LogP contribution in [0.4, 0.5) is 0 Å². The Labute approximate surface area is 172 Å². The number of benzene rings is 3. The Morgan fingerprint density at radius 2 is 1.86 bits per heavy atom. The molecule has 29 heavy (non-hydrogen) atoms. The second-order valence-corrected chi connectivity index (χ2v) is 7.59. The Hall–Kier alpha value is -3.38. The SMILES string of the molecule is Cc1cc(SCC(=O)NN=Cc2c(O)ccc3ccccc23)nc2ccccc12. The van der Waals surface area contributed by atoms with Crippen LogP contribution in [0.1, 0.15) is 11.1 Å². The van der Waals surface area contributed by atoms with Gasteiger partial charge in [-0.15, -0.1) is 0 Å². The molecule has 0 saturated heterocycles. The van der Waals surface area contributed by atoms with E-state index in [1.807, 2.05) is 67.6 Å². The number of amides is 1. The zero-order valence-corrected chi connectivity index (χ0v) is 16.6. The lowest BCUT2D eigenvalue weighted by Crippen LogP contribution is -2.19. The fourth-order valence-electron chi connectivity index (χ4n) is 3.15. The van der Waals surface area contributed by atoms with Crippen LogP contribution >= 0.6 is 11.8 Å². The normalized spacial score (nSPS) is 11.3. The molecule has 6 heteroatoms. The van der Waals surface area contributed by atoms with Crippen molar-refractivity contribution in [3.05, 3.63) is 77.9 Å². The molecule has 0 atom stereocenters. The van der Waals surface area contributed by atoms with Gasteiger partial charge in [-0.05, 0) is 41.5 Å². The van der Waals surface area contributed by atoms with Gasteiger partial charge in [-0.2, -0.15) is 5.10 Å². The quantitative estimate of drug-likeness (QED) is 0.290. The van der Waals surface area contributed by atoms with Crippen LogP contribution in [-0.4, -0.2) is 28.0 Å². The summed E-state index contributed by atoms with van der Waals surface area (Å²) in [7, 11) is 0. The molecule has 1 heterocycles. The molecule has 4 rings (SSSR count). The zero-order chi connectivity index (χ0) is 20.2. The highest BCUT2D eigenvalue weighted by molar-refractivity contribution is 7.99. The highest BCUT2D eigenvalue weighted by Gasteiger charge is 2.07. The molecule has 0 saturated carbocycles. The van der Waals surface area contributed by atoms with E-state index in [1.165, 1.54) is 18.0 Å².